The van der Waals surface area contributed by atoms with Gasteiger partial charge in [-0.15, -0.1) is 6.58 Å². The van der Waals surface area contributed by atoms with Gasteiger partial charge in [0.25, 0.3) is 0 Å². The van der Waals surface area contributed by atoms with Gasteiger partial charge in [0.15, 0.2) is 0 Å². The van der Waals surface area contributed by atoms with E-state index in [-0.39, 0.29) is 0 Å². The molecule has 0 unspecified atom stereocenters. The van der Waals surface area contributed by atoms with Crippen LogP contribution in [0.3, 0.4) is 0 Å². The SMILES string of the molecule is C=CCN(CCCNCCC)CCOC. The van der Waals surface area contributed by atoms with Crippen molar-refractivity contribution in [2.45, 2.75) is 19.8 Å². The van der Waals surface area contributed by atoms with Crippen LogP contribution in [-0.2, 0) is 4.74 Å². The van der Waals surface area contributed by atoms with Crippen LogP contribution < -0.4 is 5.32 Å². The lowest BCUT2D eigenvalue weighted by atomic mass is 10.3. The van der Waals surface area contributed by atoms with Crippen molar-refractivity contribution in [3.8, 4) is 0 Å². The highest BCUT2D eigenvalue weighted by Crippen LogP contribution is 1.91. The van der Waals surface area contributed by atoms with Gasteiger partial charge in [-0.25, -0.2) is 0 Å². The lowest BCUT2D eigenvalue weighted by Crippen LogP contribution is -2.30. The van der Waals surface area contributed by atoms with Crippen molar-refractivity contribution in [3.05, 3.63) is 12.7 Å². The third-order valence-electron chi connectivity index (χ3n) is 2.25. The molecule has 0 saturated heterocycles. The summed E-state index contributed by atoms with van der Waals surface area (Å²) in [5.74, 6) is 0. The van der Waals surface area contributed by atoms with Crippen molar-refractivity contribution >= 4 is 0 Å². The highest BCUT2D eigenvalue weighted by atomic mass is 16.5. The van der Waals surface area contributed by atoms with Crippen LogP contribution in [0, 0.1) is 0 Å². The number of hydrogen-bond donors (Lipinski definition) is 1. The van der Waals surface area contributed by atoms with Gasteiger partial charge in [-0.2, -0.15) is 0 Å². The molecule has 3 heteroatoms. The highest BCUT2D eigenvalue weighted by molar-refractivity contribution is 4.73. The van der Waals surface area contributed by atoms with Gasteiger partial charge in [0.2, 0.25) is 0 Å². The van der Waals surface area contributed by atoms with Gasteiger partial charge < -0.3 is 10.1 Å². The maximum atomic E-state index is 5.07. The van der Waals surface area contributed by atoms with E-state index in [4.69, 9.17) is 4.74 Å². The fourth-order valence-electron chi connectivity index (χ4n) is 1.43. The molecule has 0 radical (unpaired) electrons. The maximum absolute atomic E-state index is 5.07. The monoisotopic (exact) mass is 214 g/mol. The Labute approximate surface area is 94.5 Å². The average Bonchev–Trinajstić information content (AvgIpc) is 2.25. The number of rotatable bonds is 11. The molecular weight excluding hydrogens is 188 g/mol. The average molecular weight is 214 g/mol. The summed E-state index contributed by atoms with van der Waals surface area (Å²) in [5.41, 5.74) is 0. The van der Waals surface area contributed by atoms with E-state index in [9.17, 15) is 0 Å². The quantitative estimate of drug-likeness (QED) is 0.417. The molecule has 0 rings (SSSR count). The summed E-state index contributed by atoms with van der Waals surface area (Å²) < 4.78 is 5.07. The molecule has 0 aromatic heterocycles. The zero-order valence-electron chi connectivity index (χ0n) is 10.3. The van der Waals surface area contributed by atoms with Gasteiger partial charge in [0.1, 0.15) is 0 Å². The summed E-state index contributed by atoms with van der Waals surface area (Å²) >= 11 is 0. The molecule has 90 valence electrons. The van der Waals surface area contributed by atoms with Gasteiger partial charge in [0, 0.05) is 20.2 Å². The van der Waals surface area contributed by atoms with Crippen LogP contribution >= 0.6 is 0 Å². The topological polar surface area (TPSA) is 24.5 Å². The molecule has 0 heterocycles. The van der Waals surface area contributed by atoms with Crippen LogP contribution in [0.4, 0.5) is 0 Å². The van der Waals surface area contributed by atoms with Gasteiger partial charge in [0.05, 0.1) is 6.61 Å². The first-order chi connectivity index (χ1) is 7.35. The van der Waals surface area contributed by atoms with E-state index >= 15 is 0 Å². The Hall–Kier alpha value is -0.380. The highest BCUT2D eigenvalue weighted by Gasteiger charge is 2.01. The Balaban J connectivity index is 3.42. The van der Waals surface area contributed by atoms with Gasteiger partial charge >= 0.3 is 0 Å². The second kappa shape index (κ2) is 11.7. The molecule has 0 fully saturated rings. The first kappa shape index (κ1) is 14.6. The first-order valence-corrected chi connectivity index (χ1v) is 5.88. The lowest BCUT2D eigenvalue weighted by molar-refractivity contribution is 0.153. The molecule has 0 aliphatic heterocycles. The summed E-state index contributed by atoms with van der Waals surface area (Å²) in [6, 6.07) is 0. The minimum Gasteiger partial charge on any atom is -0.383 e. The van der Waals surface area contributed by atoms with Crippen molar-refractivity contribution in [1.82, 2.24) is 10.2 Å². The van der Waals surface area contributed by atoms with Crippen LogP contribution in [0.25, 0.3) is 0 Å². The molecule has 0 amide bonds. The fourth-order valence-corrected chi connectivity index (χ4v) is 1.43. The molecule has 0 aromatic carbocycles. The Morgan fingerprint density at radius 3 is 2.73 bits per heavy atom. The lowest BCUT2D eigenvalue weighted by Gasteiger charge is -2.20. The second-order valence-corrected chi connectivity index (χ2v) is 3.69. The first-order valence-electron chi connectivity index (χ1n) is 5.88. The van der Waals surface area contributed by atoms with Crippen LogP contribution in [0.15, 0.2) is 12.7 Å². The molecule has 0 aliphatic rings. The van der Waals surface area contributed by atoms with E-state index < -0.39 is 0 Å². The smallest absolute Gasteiger partial charge is 0.0589 e. The van der Waals surface area contributed by atoms with Crippen molar-refractivity contribution < 1.29 is 4.74 Å². The van der Waals surface area contributed by atoms with E-state index in [2.05, 4.69) is 23.7 Å². The summed E-state index contributed by atoms with van der Waals surface area (Å²) in [4.78, 5) is 2.37. The summed E-state index contributed by atoms with van der Waals surface area (Å²) in [6.45, 7) is 12.1. The Kier molecular flexibility index (Phi) is 11.4. The molecule has 15 heavy (non-hydrogen) atoms. The number of hydrogen-bond acceptors (Lipinski definition) is 3. The normalized spacial score (nSPS) is 10.9. The molecule has 0 aliphatic carbocycles. The molecule has 0 aromatic rings. The van der Waals surface area contributed by atoms with Gasteiger partial charge in [-0.3, -0.25) is 4.90 Å². The van der Waals surface area contributed by atoms with Crippen LogP contribution in [0.1, 0.15) is 19.8 Å². The molecule has 0 atom stereocenters. The van der Waals surface area contributed by atoms with E-state index in [1.165, 1.54) is 12.8 Å². The summed E-state index contributed by atoms with van der Waals surface area (Å²) in [5, 5.41) is 3.40. The zero-order chi connectivity index (χ0) is 11.4. The fraction of sp³-hybridized carbons (Fsp3) is 0.833. The minimum absolute atomic E-state index is 0.802. The van der Waals surface area contributed by atoms with Crippen molar-refractivity contribution in [3.63, 3.8) is 0 Å². The Bertz CT molecular complexity index is 140. The van der Waals surface area contributed by atoms with Crippen molar-refractivity contribution in [2.75, 3.05) is 46.4 Å². The van der Waals surface area contributed by atoms with E-state index in [0.717, 1.165) is 39.3 Å². The van der Waals surface area contributed by atoms with Crippen LogP contribution in [-0.4, -0.2) is 51.3 Å². The predicted octanol–water partition coefficient (Wildman–Crippen LogP) is 1.51. The predicted molar refractivity (Wildman–Crippen MR) is 66.3 cm³/mol. The number of nitrogens with one attached hydrogen (secondary N) is 1. The minimum atomic E-state index is 0.802. The molecule has 0 spiro atoms. The van der Waals surface area contributed by atoms with Gasteiger partial charge in [-0.1, -0.05) is 13.0 Å². The molecule has 0 saturated carbocycles. The summed E-state index contributed by atoms with van der Waals surface area (Å²) in [6.07, 6.45) is 4.35. The number of ether oxygens (including phenoxy) is 1. The van der Waals surface area contributed by atoms with Crippen LogP contribution in [0.2, 0.25) is 0 Å². The molecule has 1 N–H and O–H groups in total. The second-order valence-electron chi connectivity index (χ2n) is 3.69. The third-order valence-corrected chi connectivity index (χ3v) is 2.25. The van der Waals surface area contributed by atoms with Crippen molar-refractivity contribution in [1.29, 1.82) is 0 Å². The van der Waals surface area contributed by atoms with Crippen molar-refractivity contribution in [2.24, 2.45) is 0 Å². The van der Waals surface area contributed by atoms with Gasteiger partial charge in [-0.05, 0) is 32.5 Å². The summed E-state index contributed by atoms with van der Waals surface area (Å²) in [7, 11) is 1.74. The standard InChI is InChI=1S/C12H26N2O/c1-4-7-13-8-6-10-14(9-5-2)11-12-15-3/h5,13H,2,4,6-12H2,1,3H3. The largest absolute Gasteiger partial charge is 0.383 e. The maximum Gasteiger partial charge on any atom is 0.0589 e. The van der Waals surface area contributed by atoms with E-state index in [1.54, 1.807) is 7.11 Å². The van der Waals surface area contributed by atoms with E-state index in [0.29, 0.717) is 0 Å². The number of nitrogens with zero attached hydrogens (tertiary/aromatic N) is 1. The third kappa shape index (κ3) is 9.91. The molecule has 3 nitrogen and oxygen atoms in total. The Morgan fingerprint density at radius 2 is 2.13 bits per heavy atom. The Morgan fingerprint density at radius 1 is 1.33 bits per heavy atom. The van der Waals surface area contributed by atoms with Crippen LogP contribution in [0.5, 0.6) is 0 Å². The number of methoxy groups -OCH3 is 1. The zero-order valence-corrected chi connectivity index (χ0v) is 10.3. The molecule has 0 bridgehead atoms. The molecular formula is C12H26N2O. The van der Waals surface area contributed by atoms with E-state index in [1.807, 2.05) is 6.08 Å².